The predicted molar refractivity (Wildman–Crippen MR) is 107 cm³/mol. The van der Waals surface area contributed by atoms with E-state index in [1.54, 1.807) is 0 Å². The summed E-state index contributed by atoms with van der Waals surface area (Å²) >= 11 is 0. The molecule has 158 valence electrons. The summed E-state index contributed by atoms with van der Waals surface area (Å²) in [5.74, 6) is 1.20. The molecular weight excluding hydrogens is 366 g/mol. The molecule has 4 aliphatic carbocycles. The van der Waals surface area contributed by atoms with Crippen LogP contribution < -0.4 is 0 Å². The van der Waals surface area contributed by atoms with Crippen LogP contribution >= 0.6 is 0 Å². The van der Waals surface area contributed by atoms with E-state index in [2.05, 4.69) is 19.1 Å². The number of carbonyl (C=O) groups is 2. The van der Waals surface area contributed by atoms with Gasteiger partial charge >= 0.3 is 11.9 Å². The fourth-order valence-corrected chi connectivity index (χ4v) is 7.58. The Hall–Kier alpha value is -1.83. The first-order valence-electron chi connectivity index (χ1n) is 11.2. The van der Waals surface area contributed by atoms with E-state index in [9.17, 15) is 14.9 Å². The van der Waals surface area contributed by atoms with Gasteiger partial charge in [0.2, 0.25) is 0 Å². The van der Waals surface area contributed by atoms with E-state index in [0.717, 1.165) is 51.4 Å². The summed E-state index contributed by atoms with van der Waals surface area (Å²) in [5, 5.41) is 9.60. The van der Waals surface area contributed by atoms with Gasteiger partial charge in [0.1, 0.15) is 12.2 Å². The summed E-state index contributed by atoms with van der Waals surface area (Å²) in [7, 11) is 0. The van der Waals surface area contributed by atoms with E-state index in [0.29, 0.717) is 24.2 Å². The lowest BCUT2D eigenvalue weighted by Gasteiger charge is -2.58. The van der Waals surface area contributed by atoms with Crippen LogP contribution in [0.4, 0.5) is 0 Å². The smallest absolute Gasteiger partial charge is 0.302 e. The van der Waals surface area contributed by atoms with E-state index in [1.807, 2.05) is 0 Å². The van der Waals surface area contributed by atoms with Gasteiger partial charge in [-0.15, -0.1) is 0 Å². The SMILES string of the molecule is CC(=O)O[C@H]1CC[C@@]2(C)C(=CCC3C4CC[C@H](OC(C)=O)[C@@]4(CC#N)CCC32)C1. The van der Waals surface area contributed by atoms with Crippen LogP contribution in [0.1, 0.15) is 78.6 Å². The van der Waals surface area contributed by atoms with Crippen molar-refractivity contribution in [3.8, 4) is 6.07 Å². The van der Waals surface area contributed by atoms with Crippen LogP contribution in [0.5, 0.6) is 0 Å². The summed E-state index contributed by atoms with van der Waals surface area (Å²) in [6.45, 7) is 5.39. The van der Waals surface area contributed by atoms with E-state index < -0.39 is 0 Å². The van der Waals surface area contributed by atoms with Crippen molar-refractivity contribution in [2.75, 3.05) is 0 Å². The molecular formula is C24H33NO4. The van der Waals surface area contributed by atoms with Crippen LogP contribution in [0.2, 0.25) is 0 Å². The number of carbonyl (C=O) groups excluding carboxylic acids is 2. The zero-order chi connectivity index (χ0) is 20.8. The maximum atomic E-state index is 11.7. The van der Waals surface area contributed by atoms with Gasteiger partial charge in [-0.05, 0) is 68.1 Å². The largest absolute Gasteiger partial charge is 0.462 e. The Labute approximate surface area is 173 Å². The quantitative estimate of drug-likeness (QED) is 0.507. The molecule has 3 fully saturated rings. The minimum Gasteiger partial charge on any atom is -0.462 e. The second-order valence-corrected chi connectivity index (χ2v) is 10.0. The molecule has 0 N–H and O–H groups in total. The molecule has 0 aliphatic heterocycles. The number of hydrogen-bond acceptors (Lipinski definition) is 5. The zero-order valence-electron chi connectivity index (χ0n) is 17.9. The van der Waals surface area contributed by atoms with Gasteiger partial charge in [0, 0.05) is 32.1 Å². The second-order valence-electron chi connectivity index (χ2n) is 10.0. The summed E-state index contributed by atoms with van der Waals surface area (Å²) in [6, 6.07) is 2.43. The number of ether oxygens (including phenoxy) is 2. The first-order chi connectivity index (χ1) is 13.8. The van der Waals surface area contributed by atoms with Gasteiger partial charge in [0.15, 0.2) is 0 Å². The van der Waals surface area contributed by atoms with E-state index in [4.69, 9.17) is 9.47 Å². The maximum absolute atomic E-state index is 11.7. The monoisotopic (exact) mass is 399 g/mol. The number of rotatable bonds is 3. The van der Waals surface area contributed by atoms with Gasteiger partial charge in [-0.3, -0.25) is 9.59 Å². The van der Waals surface area contributed by atoms with Crippen LogP contribution in [0.15, 0.2) is 11.6 Å². The number of nitrogens with zero attached hydrogens (tertiary/aromatic N) is 1. The van der Waals surface area contributed by atoms with Crippen molar-refractivity contribution in [1.82, 2.24) is 0 Å². The van der Waals surface area contributed by atoms with Gasteiger partial charge in [-0.2, -0.15) is 5.26 Å². The van der Waals surface area contributed by atoms with E-state index >= 15 is 0 Å². The van der Waals surface area contributed by atoms with Gasteiger partial charge in [0.05, 0.1) is 6.07 Å². The third-order valence-electron chi connectivity index (χ3n) is 8.74. The van der Waals surface area contributed by atoms with Crippen LogP contribution in [-0.2, 0) is 19.1 Å². The summed E-state index contributed by atoms with van der Waals surface area (Å²) in [4.78, 5) is 23.1. The molecule has 3 unspecified atom stereocenters. The topological polar surface area (TPSA) is 76.4 Å². The number of nitriles is 1. The highest BCUT2D eigenvalue weighted by Crippen LogP contribution is 2.66. The Balaban J connectivity index is 1.60. The Bertz CT molecular complexity index is 767. The second kappa shape index (κ2) is 7.45. The molecule has 0 radical (unpaired) electrons. The first kappa shape index (κ1) is 20.4. The number of hydrogen-bond donors (Lipinski definition) is 0. The highest BCUT2D eigenvalue weighted by Gasteiger charge is 2.61. The lowest BCUT2D eigenvalue weighted by atomic mass is 9.47. The summed E-state index contributed by atoms with van der Waals surface area (Å²) in [6.07, 6.45) is 10.7. The number of allylic oxidation sites excluding steroid dienone is 1. The molecule has 0 aromatic heterocycles. The minimum atomic E-state index is -0.225. The van der Waals surface area contributed by atoms with Crippen molar-refractivity contribution in [3.63, 3.8) is 0 Å². The normalized spacial score (nSPS) is 43.1. The highest BCUT2D eigenvalue weighted by molar-refractivity contribution is 5.66. The van der Waals surface area contributed by atoms with Crippen LogP contribution in [0, 0.1) is 39.9 Å². The molecule has 29 heavy (non-hydrogen) atoms. The Kier molecular flexibility index (Phi) is 5.25. The first-order valence-corrected chi connectivity index (χ1v) is 11.2. The molecule has 4 rings (SSSR count). The molecule has 0 amide bonds. The van der Waals surface area contributed by atoms with Crippen molar-refractivity contribution in [3.05, 3.63) is 11.6 Å². The molecule has 0 heterocycles. The zero-order valence-corrected chi connectivity index (χ0v) is 17.9. The lowest BCUT2D eigenvalue weighted by Crippen LogP contribution is -2.52. The number of esters is 2. The molecule has 7 atom stereocenters. The lowest BCUT2D eigenvalue weighted by molar-refractivity contribution is -0.158. The standard InChI is InChI=1S/C24H33NO4/c1-15(26)28-18-8-10-23(3)17(14-18)4-5-19-20(23)9-11-24(12-13-25)21(19)6-7-22(24)29-16(2)27/h4,18-22H,5-12,14H2,1-3H3/t18-,19?,20?,21?,22-,23-,24+/m0/s1. The molecule has 3 saturated carbocycles. The Morgan fingerprint density at radius 1 is 1.10 bits per heavy atom. The minimum absolute atomic E-state index is 0.0180. The van der Waals surface area contributed by atoms with Crippen molar-refractivity contribution >= 4 is 11.9 Å². The van der Waals surface area contributed by atoms with Crippen LogP contribution in [0.3, 0.4) is 0 Å². The third-order valence-corrected chi connectivity index (χ3v) is 8.74. The predicted octanol–water partition coefficient (Wildman–Crippen LogP) is 4.71. The molecule has 0 aromatic carbocycles. The van der Waals surface area contributed by atoms with E-state index in [1.165, 1.54) is 19.4 Å². The molecule has 0 aromatic rings. The van der Waals surface area contributed by atoms with E-state index in [-0.39, 0.29) is 35.0 Å². The molecule has 0 bridgehead atoms. The Morgan fingerprint density at radius 3 is 2.55 bits per heavy atom. The van der Waals surface area contributed by atoms with Crippen LogP contribution in [0.25, 0.3) is 0 Å². The van der Waals surface area contributed by atoms with Crippen LogP contribution in [-0.4, -0.2) is 24.1 Å². The molecule has 4 aliphatic rings. The molecule has 0 saturated heterocycles. The molecule has 0 spiro atoms. The average molecular weight is 400 g/mol. The van der Waals surface area contributed by atoms with Crippen molar-refractivity contribution in [2.24, 2.45) is 28.6 Å². The molecule has 5 heteroatoms. The van der Waals surface area contributed by atoms with Gasteiger partial charge < -0.3 is 9.47 Å². The van der Waals surface area contributed by atoms with Gasteiger partial charge in [0.25, 0.3) is 0 Å². The third kappa shape index (κ3) is 3.29. The summed E-state index contributed by atoms with van der Waals surface area (Å²) in [5.41, 5.74) is 1.47. The highest BCUT2D eigenvalue weighted by atomic mass is 16.5. The van der Waals surface area contributed by atoms with Crippen molar-refractivity contribution in [2.45, 2.75) is 90.8 Å². The Morgan fingerprint density at radius 2 is 1.86 bits per heavy atom. The van der Waals surface area contributed by atoms with Gasteiger partial charge in [-0.25, -0.2) is 0 Å². The molecule has 5 nitrogen and oxygen atoms in total. The average Bonchev–Trinajstić information content (AvgIpc) is 3.00. The van der Waals surface area contributed by atoms with Gasteiger partial charge in [-0.1, -0.05) is 18.6 Å². The van der Waals surface area contributed by atoms with Crippen molar-refractivity contribution in [1.29, 1.82) is 5.26 Å². The maximum Gasteiger partial charge on any atom is 0.302 e. The fourth-order valence-electron chi connectivity index (χ4n) is 7.58. The van der Waals surface area contributed by atoms with Crippen molar-refractivity contribution < 1.29 is 19.1 Å². The summed E-state index contributed by atoms with van der Waals surface area (Å²) < 4.78 is 11.3. The number of fused-ring (bicyclic) bond motifs is 5. The fraction of sp³-hybridized carbons (Fsp3) is 0.792.